The van der Waals surface area contributed by atoms with Gasteiger partial charge in [-0.3, -0.25) is 14.9 Å². The minimum absolute atomic E-state index is 0.141. The zero-order chi connectivity index (χ0) is 20.4. The van der Waals surface area contributed by atoms with E-state index in [9.17, 15) is 9.59 Å². The first-order valence-corrected chi connectivity index (χ1v) is 9.29. The fraction of sp³-hybridized carbons (Fsp3) is 0.238. The van der Waals surface area contributed by atoms with Gasteiger partial charge in [-0.15, -0.1) is 0 Å². The van der Waals surface area contributed by atoms with E-state index in [0.29, 0.717) is 11.7 Å². The van der Waals surface area contributed by atoms with E-state index >= 15 is 0 Å². The number of amides is 2. The normalized spacial score (nSPS) is 15.4. The van der Waals surface area contributed by atoms with Crippen LogP contribution in [0.15, 0.2) is 48.8 Å². The summed E-state index contributed by atoms with van der Waals surface area (Å²) in [6, 6.07) is 12.8. The number of aromatic nitrogens is 3. The van der Waals surface area contributed by atoms with Crippen molar-refractivity contribution in [2.75, 3.05) is 17.2 Å². The molecular weight excluding hydrogens is 370 g/mol. The van der Waals surface area contributed by atoms with Gasteiger partial charge < -0.3 is 10.1 Å². The van der Waals surface area contributed by atoms with Crippen molar-refractivity contribution in [1.29, 1.82) is 0 Å². The molecule has 0 radical (unpaired) electrons. The zero-order valence-corrected chi connectivity index (χ0v) is 16.2. The lowest BCUT2D eigenvalue weighted by molar-refractivity contribution is -0.118. The number of carbonyl (C=O) groups is 2. The number of hydrogen-bond acceptors (Lipinski definition) is 5. The summed E-state index contributed by atoms with van der Waals surface area (Å²) in [6.07, 6.45) is 1.61. The smallest absolute Gasteiger partial charge is 0.262 e. The zero-order valence-electron chi connectivity index (χ0n) is 16.2. The van der Waals surface area contributed by atoms with E-state index in [1.807, 2.05) is 50.2 Å². The number of para-hydroxylation sites is 1. The standard InChI is InChI=1S/C21H21N5O3/c1-13-7-14(2)9-15(8-13)24-20(28)11-29-18-6-4-3-5-16(18)17-10-19(27)25-21-22-12-23-26(17)21/h3-9,12,17H,10-11H2,1-2H3,(H,24,28)(H,22,23,25,27)/t17-/m1/s1. The number of ether oxygens (including phenoxy) is 1. The summed E-state index contributed by atoms with van der Waals surface area (Å²) in [4.78, 5) is 28.5. The van der Waals surface area contributed by atoms with Crippen LogP contribution in [0.3, 0.4) is 0 Å². The van der Waals surface area contributed by atoms with Crippen molar-refractivity contribution in [2.24, 2.45) is 0 Å². The van der Waals surface area contributed by atoms with Crippen LogP contribution in [0.4, 0.5) is 11.6 Å². The van der Waals surface area contributed by atoms with Gasteiger partial charge in [0.15, 0.2) is 6.61 Å². The number of benzene rings is 2. The lowest BCUT2D eigenvalue weighted by Crippen LogP contribution is -2.29. The second-order valence-corrected chi connectivity index (χ2v) is 7.05. The van der Waals surface area contributed by atoms with E-state index < -0.39 is 0 Å². The van der Waals surface area contributed by atoms with Crippen molar-refractivity contribution in [1.82, 2.24) is 14.8 Å². The van der Waals surface area contributed by atoms with Crippen molar-refractivity contribution >= 4 is 23.5 Å². The van der Waals surface area contributed by atoms with E-state index in [4.69, 9.17) is 4.74 Å². The number of rotatable bonds is 5. The highest BCUT2D eigenvalue weighted by Gasteiger charge is 2.29. The van der Waals surface area contributed by atoms with Gasteiger partial charge in [-0.2, -0.15) is 10.1 Å². The van der Waals surface area contributed by atoms with Crippen LogP contribution in [-0.2, 0) is 9.59 Å². The Morgan fingerprint density at radius 3 is 2.79 bits per heavy atom. The molecule has 0 aliphatic carbocycles. The second-order valence-electron chi connectivity index (χ2n) is 7.05. The fourth-order valence-electron chi connectivity index (χ4n) is 3.52. The summed E-state index contributed by atoms with van der Waals surface area (Å²) in [5, 5.41) is 9.76. The van der Waals surface area contributed by atoms with Crippen LogP contribution in [0.5, 0.6) is 5.75 Å². The monoisotopic (exact) mass is 391 g/mol. The maximum atomic E-state index is 12.4. The molecule has 2 aromatic carbocycles. The molecule has 2 heterocycles. The molecule has 29 heavy (non-hydrogen) atoms. The molecule has 3 aromatic rings. The number of aryl methyl sites for hydroxylation is 2. The van der Waals surface area contributed by atoms with Crippen LogP contribution in [0.1, 0.15) is 29.2 Å². The predicted molar refractivity (Wildman–Crippen MR) is 108 cm³/mol. The largest absolute Gasteiger partial charge is 0.483 e. The quantitative estimate of drug-likeness (QED) is 0.697. The summed E-state index contributed by atoms with van der Waals surface area (Å²) < 4.78 is 7.46. The third kappa shape index (κ3) is 4.11. The molecule has 0 saturated heterocycles. The molecule has 148 valence electrons. The average molecular weight is 391 g/mol. The van der Waals surface area contributed by atoms with Crippen LogP contribution in [-0.4, -0.2) is 33.2 Å². The summed E-state index contributed by atoms with van der Waals surface area (Å²) in [5.74, 6) is 0.531. The Balaban J connectivity index is 1.50. The Bertz CT molecular complexity index is 1060. The van der Waals surface area contributed by atoms with Crippen LogP contribution >= 0.6 is 0 Å². The number of nitrogens with zero attached hydrogens (tertiary/aromatic N) is 3. The van der Waals surface area contributed by atoms with Crippen molar-refractivity contribution in [3.63, 3.8) is 0 Å². The first-order valence-electron chi connectivity index (χ1n) is 9.29. The van der Waals surface area contributed by atoms with Gasteiger partial charge in [-0.05, 0) is 43.2 Å². The van der Waals surface area contributed by atoms with Gasteiger partial charge in [0.2, 0.25) is 11.9 Å². The topological polar surface area (TPSA) is 98.1 Å². The highest BCUT2D eigenvalue weighted by atomic mass is 16.5. The Morgan fingerprint density at radius 1 is 1.24 bits per heavy atom. The summed E-state index contributed by atoms with van der Waals surface area (Å²) in [7, 11) is 0. The molecule has 2 amide bonds. The Labute approximate surface area is 167 Å². The minimum atomic E-state index is -0.347. The average Bonchev–Trinajstić information content (AvgIpc) is 3.13. The number of hydrogen-bond donors (Lipinski definition) is 2. The molecule has 0 fully saturated rings. The lowest BCUT2D eigenvalue weighted by Gasteiger charge is -2.25. The van der Waals surface area contributed by atoms with Gasteiger partial charge in [-0.1, -0.05) is 24.3 Å². The summed E-state index contributed by atoms with van der Waals surface area (Å²) >= 11 is 0. The number of carbonyl (C=O) groups excluding carboxylic acids is 2. The molecule has 1 aliphatic heterocycles. The molecule has 1 aromatic heterocycles. The third-order valence-corrected chi connectivity index (χ3v) is 4.64. The van der Waals surface area contributed by atoms with Gasteiger partial charge in [0, 0.05) is 11.3 Å². The number of nitrogens with one attached hydrogen (secondary N) is 2. The molecule has 4 rings (SSSR count). The lowest BCUT2D eigenvalue weighted by atomic mass is 10.0. The Kier molecular flexibility index (Phi) is 4.99. The number of fused-ring (bicyclic) bond motifs is 1. The summed E-state index contributed by atoms with van der Waals surface area (Å²) in [6.45, 7) is 3.81. The minimum Gasteiger partial charge on any atom is -0.483 e. The SMILES string of the molecule is Cc1cc(C)cc(NC(=O)COc2ccccc2[C@H]2CC(=O)Nc3ncnn32)c1. The van der Waals surface area contributed by atoms with Gasteiger partial charge in [0.05, 0.1) is 12.5 Å². The van der Waals surface area contributed by atoms with Crippen LogP contribution in [0.2, 0.25) is 0 Å². The van der Waals surface area contributed by atoms with E-state index in [-0.39, 0.29) is 30.9 Å². The molecule has 2 N–H and O–H groups in total. The van der Waals surface area contributed by atoms with Crippen molar-refractivity contribution in [3.8, 4) is 5.75 Å². The highest BCUT2D eigenvalue weighted by molar-refractivity contribution is 5.92. The number of anilines is 2. The maximum absolute atomic E-state index is 12.4. The van der Waals surface area contributed by atoms with Gasteiger partial charge >= 0.3 is 0 Å². The molecule has 8 nitrogen and oxygen atoms in total. The molecule has 0 saturated carbocycles. The molecule has 0 spiro atoms. The second kappa shape index (κ2) is 7.75. The van der Waals surface area contributed by atoms with E-state index in [1.165, 1.54) is 6.33 Å². The molecule has 1 aliphatic rings. The molecule has 1 atom stereocenters. The van der Waals surface area contributed by atoms with Crippen molar-refractivity contribution in [2.45, 2.75) is 26.3 Å². The van der Waals surface area contributed by atoms with Crippen molar-refractivity contribution < 1.29 is 14.3 Å². The summed E-state index contributed by atoms with van der Waals surface area (Å²) in [5.41, 5.74) is 3.66. The highest BCUT2D eigenvalue weighted by Crippen LogP contribution is 2.34. The molecule has 0 unspecified atom stereocenters. The maximum Gasteiger partial charge on any atom is 0.262 e. The van der Waals surface area contributed by atoms with Gasteiger partial charge in [-0.25, -0.2) is 4.68 Å². The Hall–Kier alpha value is -3.68. The predicted octanol–water partition coefficient (Wildman–Crippen LogP) is 2.84. The van der Waals surface area contributed by atoms with Crippen LogP contribution in [0.25, 0.3) is 0 Å². The van der Waals surface area contributed by atoms with Crippen LogP contribution in [0, 0.1) is 13.8 Å². The van der Waals surface area contributed by atoms with Crippen molar-refractivity contribution in [3.05, 3.63) is 65.5 Å². The van der Waals surface area contributed by atoms with E-state index in [1.54, 1.807) is 10.7 Å². The molecule has 0 bridgehead atoms. The third-order valence-electron chi connectivity index (χ3n) is 4.64. The van der Waals surface area contributed by atoms with Gasteiger partial charge in [0.1, 0.15) is 12.1 Å². The van der Waals surface area contributed by atoms with E-state index in [2.05, 4.69) is 20.7 Å². The molecular formula is C21H21N5O3. The first-order chi connectivity index (χ1) is 14.0. The van der Waals surface area contributed by atoms with Crippen LogP contribution < -0.4 is 15.4 Å². The fourth-order valence-corrected chi connectivity index (χ4v) is 3.52. The molecule has 8 heteroatoms. The first kappa shape index (κ1) is 18.7. The van der Waals surface area contributed by atoms with Gasteiger partial charge in [0.25, 0.3) is 5.91 Å². The Morgan fingerprint density at radius 2 is 2.00 bits per heavy atom. The van der Waals surface area contributed by atoms with E-state index in [0.717, 1.165) is 22.4 Å².